The number of benzene rings is 3. The minimum Gasteiger partial charge on any atom is -0.457 e. The zero-order valence-electron chi connectivity index (χ0n) is 18.2. The molecule has 1 N–H and O–H groups in total. The summed E-state index contributed by atoms with van der Waals surface area (Å²) in [7, 11) is 0. The Hall–Kier alpha value is -4.13. The number of ether oxygens (including phenoxy) is 2. The molecule has 2 heterocycles. The highest BCUT2D eigenvalue weighted by molar-refractivity contribution is 6.14. The van der Waals surface area contributed by atoms with E-state index in [9.17, 15) is 14.4 Å². The fourth-order valence-electron chi connectivity index (χ4n) is 4.34. The molecule has 0 radical (unpaired) electrons. The van der Waals surface area contributed by atoms with E-state index in [0.29, 0.717) is 34.0 Å². The van der Waals surface area contributed by atoms with E-state index in [2.05, 4.69) is 5.32 Å². The number of amides is 2. The minimum atomic E-state index is -1.14. The van der Waals surface area contributed by atoms with Gasteiger partial charge in [-0.1, -0.05) is 48.5 Å². The number of esters is 1. The highest BCUT2D eigenvalue weighted by Gasteiger charge is 2.44. The third kappa shape index (κ3) is 3.42. The van der Waals surface area contributed by atoms with Crippen LogP contribution in [-0.4, -0.2) is 29.9 Å². The number of para-hydroxylation sites is 4. The molecule has 0 saturated heterocycles. The van der Waals surface area contributed by atoms with Crippen LogP contribution in [0.3, 0.4) is 0 Å². The number of rotatable bonds is 3. The monoisotopic (exact) mass is 442 g/mol. The molecule has 2 aliphatic rings. The third-order valence-electron chi connectivity index (χ3n) is 6.01. The second-order valence-electron chi connectivity index (χ2n) is 8.48. The van der Waals surface area contributed by atoms with E-state index in [-0.39, 0.29) is 5.91 Å². The molecule has 0 aromatic heterocycles. The fourth-order valence-corrected chi connectivity index (χ4v) is 4.34. The van der Waals surface area contributed by atoms with Crippen LogP contribution in [0.15, 0.2) is 72.8 Å². The van der Waals surface area contributed by atoms with Gasteiger partial charge in [0.05, 0.1) is 11.4 Å². The van der Waals surface area contributed by atoms with Gasteiger partial charge in [0.25, 0.3) is 5.91 Å². The Kier molecular flexibility index (Phi) is 4.89. The number of hydrogen-bond donors (Lipinski definition) is 1. The second-order valence-corrected chi connectivity index (χ2v) is 8.48. The summed E-state index contributed by atoms with van der Waals surface area (Å²) in [5.41, 5.74) is 1.31. The molecule has 2 aliphatic heterocycles. The van der Waals surface area contributed by atoms with Crippen LogP contribution in [0.1, 0.15) is 30.9 Å². The largest absolute Gasteiger partial charge is 0.457 e. The lowest BCUT2D eigenvalue weighted by molar-refractivity contribution is -0.149. The first-order valence-electron chi connectivity index (χ1n) is 10.6. The zero-order chi connectivity index (χ0) is 23.2. The molecule has 0 fully saturated rings. The van der Waals surface area contributed by atoms with E-state index in [1.165, 1.54) is 4.90 Å². The molecule has 0 aliphatic carbocycles. The van der Waals surface area contributed by atoms with Gasteiger partial charge in [-0.3, -0.25) is 19.3 Å². The van der Waals surface area contributed by atoms with Gasteiger partial charge in [-0.2, -0.15) is 0 Å². The molecule has 3 aromatic rings. The molecule has 0 spiro atoms. The molecule has 33 heavy (non-hydrogen) atoms. The molecule has 0 bridgehead atoms. The number of nitrogens with zero attached hydrogens (tertiary/aromatic N) is 1. The Morgan fingerprint density at radius 3 is 2.18 bits per heavy atom. The maximum atomic E-state index is 13.3. The van der Waals surface area contributed by atoms with E-state index in [1.807, 2.05) is 36.4 Å². The van der Waals surface area contributed by atoms with Crippen molar-refractivity contribution in [2.24, 2.45) is 0 Å². The SMILES string of the molecule is CC1(C)C(=O)Nc2ccccc2N1C(=O)COC(=O)C1c2ccccc2Oc2ccccc21. The molecule has 5 rings (SSSR count). The molecule has 7 nitrogen and oxygen atoms in total. The summed E-state index contributed by atoms with van der Waals surface area (Å²) in [4.78, 5) is 40.5. The molecule has 7 heteroatoms. The molecular formula is C26H22N2O5. The summed E-state index contributed by atoms with van der Waals surface area (Å²) < 4.78 is 11.5. The Bertz CT molecular complexity index is 1240. The van der Waals surface area contributed by atoms with Gasteiger partial charge in [0.1, 0.15) is 23.0 Å². The summed E-state index contributed by atoms with van der Waals surface area (Å²) in [5.74, 6) is -0.917. The van der Waals surface area contributed by atoms with Crippen LogP contribution in [0.25, 0.3) is 0 Å². The van der Waals surface area contributed by atoms with Crippen molar-refractivity contribution >= 4 is 29.2 Å². The molecule has 2 amide bonds. The van der Waals surface area contributed by atoms with Crippen molar-refractivity contribution in [2.75, 3.05) is 16.8 Å². The highest BCUT2D eigenvalue weighted by atomic mass is 16.5. The van der Waals surface area contributed by atoms with E-state index >= 15 is 0 Å². The second kappa shape index (κ2) is 7.78. The standard InChI is InChI=1S/C26H22N2O5/c1-26(2)25(31)27-18-11-5-6-12-19(18)28(26)22(29)15-32-24(30)23-16-9-3-7-13-20(16)33-21-14-8-4-10-17(21)23/h3-14,23H,15H2,1-2H3,(H,27,31). The minimum absolute atomic E-state index is 0.312. The van der Waals surface area contributed by atoms with Gasteiger partial charge in [0.2, 0.25) is 5.91 Å². The van der Waals surface area contributed by atoms with Crippen molar-refractivity contribution in [2.45, 2.75) is 25.3 Å². The Morgan fingerprint density at radius 2 is 1.52 bits per heavy atom. The molecule has 0 unspecified atom stereocenters. The van der Waals surface area contributed by atoms with Crippen molar-refractivity contribution in [1.29, 1.82) is 0 Å². The molecule has 166 valence electrons. The molecule has 3 aromatic carbocycles. The number of hydrogen-bond acceptors (Lipinski definition) is 5. The lowest BCUT2D eigenvalue weighted by Crippen LogP contribution is -2.59. The molecule has 0 atom stereocenters. The van der Waals surface area contributed by atoms with Crippen molar-refractivity contribution in [3.63, 3.8) is 0 Å². The van der Waals surface area contributed by atoms with Crippen LogP contribution in [0.4, 0.5) is 11.4 Å². The highest BCUT2D eigenvalue weighted by Crippen LogP contribution is 2.44. The van der Waals surface area contributed by atoms with Gasteiger partial charge in [-0.15, -0.1) is 0 Å². The van der Waals surface area contributed by atoms with Crippen molar-refractivity contribution in [3.8, 4) is 11.5 Å². The summed E-state index contributed by atoms with van der Waals surface area (Å²) in [5, 5.41) is 2.82. The first kappa shape index (κ1) is 20.8. The Morgan fingerprint density at radius 1 is 0.939 bits per heavy atom. The molecule has 0 saturated carbocycles. The number of carbonyl (C=O) groups is 3. The number of nitrogens with one attached hydrogen (secondary N) is 1. The van der Waals surface area contributed by atoms with Gasteiger partial charge in [-0.25, -0.2) is 0 Å². The average Bonchev–Trinajstić information content (AvgIpc) is 2.81. The van der Waals surface area contributed by atoms with Crippen LogP contribution in [0.2, 0.25) is 0 Å². The van der Waals surface area contributed by atoms with E-state index in [0.717, 1.165) is 0 Å². The van der Waals surface area contributed by atoms with Crippen molar-refractivity contribution in [3.05, 3.63) is 83.9 Å². The van der Waals surface area contributed by atoms with Gasteiger partial charge >= 0.3 is 5.97 Å². The number of fused-ring (bicyclic) bond motifs is 3. The topological polar surface area (TPSA) is 84.9 Å². The normalized spacial score (nSPS) is 15.9. The Labute approximate surface area is 190 Å². The van der Waals surface area contributed by atoms with E-state index < -0.39 is 29.9 Å². The maximum absolute atomic E-state index is 13.3. The Balaban J connectivity index is 1.41. The van der Waals surface area contributed by atoms with Crippen LogP contribution < -0.4 is 15.0 Å². The first-order valence-corrected chi connectivity index (χ1v) is 10.6. The van der Waals surface area contributed by atoms with Gasteiger partial charge in [-0.05, 0) is 38.1 Å². The average molecular weight is 442 g/mol. The van der Waals surface area contributed by atoms with Crippen LogP contribution in [0.5, 0.6) is 11.5 Å². The predicted molar refractivity (Wildman–Crippen MR) is 122 cm³/mol. The maximum Gasteiger partial charge on any atom is 0.318 e. The predicted octanol–water partition coefficient (Wildman–Crippen LogP) is 4.23. The van der Waals surface area contributed by atoms with Crippen LogP contribution in [-0.2, 0) is 19.1 Å². The lowest BCUT2D eigenvalue weighted by Gasteiger charge is -2.41. The number of anilines is 2. The van der Waals surface area contributed by atoms with Gasteiger partial charge in [0, 0.05) is 11.1 Å². The zero-order valence-corrected chi connectivity index (χ0v) is 18.2. The summed E-state index contributed by atoms with van der Waals surface area (Å²) >= 11 is 0. The third-order valence-corrected chi connectivity index (χ3v) is 6.01. The van der Waals surface area contributed by atoms with Crippen molar-refractivity contribution < 1.29 is 23.9 Å². The van der Waals surface area contributed by atoms with Gasteiger partial charge in [0.15, 0.2) is 6.61 Å². The van der Waals surface area contributed by atoms with Crippen LogP contribution >= 0.6 is 0 Å². The quantitative estimate of drug-likeness (QED) is 0.614. The van der Waals surface area contributed by atoms with Crippen molar-refractivity contribution in [1.82, 2.24) is 0 Å². The van der Waals surface area contributed by atoms with Crippen LogP contribution in [0, 0.1) is 0 Å². The van der Waals surface area contributed by atoms with Gasteiger partial charge < -0.3 is 14.8 Å². The fraction of sp³-hybridized carbons (Fsp3) is 0.192. The molecular weight excluding hydrogens is 420 g/mol. The summed E-state index contributed by atoms with van der Waals surface area (Å²) in [6.45, 7) is 2.82. The number of carbonyl (C=O) groups excluding carboxylic acids is 3. The smallest absolute Gasteiger partial charge is 0.318 e. The summed E-state index contributed by atoms with van der Waals surface area (Å²) in [6, 6.07) is 21.6. The first-order chi connectivity index (χ1) is 15.9. The lowest BCUT2D eigenvalue weighted by atomic mass is 9.88. The van der Waals surface area contributed by atoms with E-state index in [1.54, 1.807) is 50.2 Å². The van der Waals surface area contributed by atoms with E-state index in [4.69, 9.17) is 9.47 Å². The summed E-state index contributed by atoms with van der Waals surface area (Å²) in [6.07, 6.45) is 0.